The molecule has 1 aliphatic heterocycles. The summed E-state index contributed by atoms with van der Waals surface area (Å²) in [7, 11) is -3.84. The minimum atomic E-state index is -3.84. The number of morpholine rings is 1. The maximum absolute atomic E-state index is 12.7. The van der Waals surface area contributed by atoms with Gasteiger partial charge in [0, 0.05) is 13.1 Å². The Kier molecular flexibility index (Phi) is 5.13. The highest BCUT2D eigenvalue weighted by Crippen LogP contribution is 2.35. The van der Waals surface area contributed by atoms with Gasteiger partial charge >= 0.3 is 0 Å². The molecule has 1 saturated heterocycles. The predicted molar refractivity (Wildman–Crippen MR) is 96.4 cm³/mol. The van der Waals surface area contributed by atoms with E-state index in [1.54, 1.807) is 24.3 Å². The molecule has 130 valence electrons. The number of anilines is 2. The fourth-order valence-electron chi connectivity index (χ4n) is 2.64. The molecule has 0 unspecified atom stereocenters. The number of hydrogen-bond acceptors (Lipinski definition) is 5. The third-order valence-corrected chi connectivity index (χ3v) is 5.50. The summed E-state index contributed by atoms with van der Waals surface area (Å²) in [6.07, 6.45) is 0. The van der Waals surface area contributed by atoms with Gasteiger partial charge in [-0.2, -0.15) is 5.26 Å². The number of ether oxygens (including phenoxy) is 1. The molecule has 8 heteroatoms. The van der Waals surface area contributed by atoms with E-state index < -0.39 is 10.0 Å². The minimum Gasteiger partial charge on any atom is -0.378 e. The van der Waals surface area contributed by atoms with E-state index >= 15 is 0 Å². The van der Waals surface area contributed by atoms with Gasteiger partial charge in [-0.3, -0.25) is 4.72 Å². The van der Waals surface area contributed by atoms with E-state index in [1.807, 2.05) is 11.0 Å². The van der Waals surface area contributed by atoms with Crippen LogP contribution in [-0.2, 0) is 14.8 Å². The van der Waals surface area contributed by atoms with Crippen LogP contribution in [0.1, 0.15) is 5.56 Å². The van der Waals surface area contributed by atoms with Crippen molar-refractivity contribution in [2.45, 2.75) is 4.90 Å². The Balaban J connectivity index is 1.97. The second kappa shape index (κ2) is 7.31. The van der Waals surface area contributed by atoms with Crippen molar-refractivity contribution in [3.63, 3.8) is 0 Å². The molecule has 0 radical (unpaired) electrons. The minimum absolute atomic E-state index is 0.0273. The van der Waals surface area contributed by atoms with Crippen LogP contribution in [0, 0.1) is 11.3 Å². The first-order chi connectivity index (χ1) is 12.0. The van der Waals surface area contributed by atoms with Gasteiger partial charge in [-0.1, -0.05) is 23.7 Å². The van der Waals surface area contributed by atoms with Crippen LogP contribution in [0.5, 0.6) is 0 Å². The zero-order chi connectivity index (χ0) is 17.9. The molecule has 0 spiro atoms. The SMILES string of the molecule is N#Cc1cccc(S(=O)(=O)Nc2cccc(Cl)c2N2CCOCC2)c1. The summed E-state index contributed by atoms with van der Waals surface area (Å²) in [6, 6.07) is 12.9. The van der Waals surface area contributed by atoms with Gasteiger partial charge in [0.25, 0.3) is 10.0 Å². The molecule has 2 aromatic carbocycles. The average molecular weight is 378 g/mol. The van der Waals surface area contributed by atoms with Crippen molar-refractivity contribution < 1.29 is 13.2 Å². The van der Waals surface area contributed by atoms with Gasteiger partial charge in [-0.15, -0.1) is 0 Å². The Morgan fingerprint density at radius 3 is 2.60 bits per heavy atom. The highest BCUT2D eigenvalue weighted by atomic mass is 35.5. The standard InChI is InChI=1S/C17H16ClN3O3S/c18-15-5-2-6-16(17(15)21-7-9-24-10-8-21)20-25(22,23)14-4-1-3-13(11-14)12-19/h1-6,11,20H,7-10H2. The van der Waals surface area contributed by atoms with Gasteiger partial charge in [0.2, 0.25) is 0 Å². The molecule has 1 N–H and O–H groups in total. The van der Waals surface area contributed by atoms with Gasteiger partial charge in [-0.05, 0) is 30.3 Å². The van der Waals surface area contributed by atoms with Crippen LogP contribution in [0.4, 0.5) is 11.4 Å². The molecule has 1 fully saturated rings. The van der Waals surface area contributed by atoms with E-state index in [2.05, 4.69) is 4.72 Å². The van der Waals surface area contributed by atoms with Crippen LogP contribution in [0.25, 0.3) is 0 Å². The molecular formula is C17H16ClN3O3S. The van der Waals surface area contributed by atoms with Crippen LogP contribution in [0.2, 0.25) is 5.02 Å². The molecule has 25 heavy (non-hydrogen) atoms. The lowest BCUT2D eigenvalue weighted by atomic mass is 10.2. The summed E-state index contributed by atoms with van der Waals surface area (Å²) < 4.78 is 33.3. The Morgan fingerprint density at radius 1 is 1.16 bits per heavy atom. The molecule has 0 aliphatic carbocycles. The van der Waals surface area contributed by atoms with E-state index in [4.69, 9.17) is 21.6 Å². The second-order valence-corrected chi connectivity index (χ2v) is 7.57. The summed E-state index contributed by atoms with van der Waals surface area (Å²) in [5.41, 5.74) is 1.31. The van der Waals surface area contributed by atoms with Crippen molar-refractivity contribution in [3.05, 3.63) is 53.1 Å². The van der Waals surface area contributed by atoms with E-state index in [1.165, 1.54) is 18.2 Å². The molecule has 3 rings (SSSR count). The molecule has 6 nitrogen and oxygen atoms in total. The van der Waals surface area contributed by atoms with Gasteiger partial charge in [0.1, 0.15) is 0 Å². The summed E-state index contributed by atoms with van der Waals surface area (Å²) in [5.74, 6) is 0. The Morgan fingerprint density at radius 2 is 1.88 bits per heavy atom. The summed E-state index contributed by atoms with van der Waals surface area (Å²) >= 11 is 6.32. The lowest BCUT2D eigenvalue weighted by molar-refractivity contribution is 0.123. The van der Waals surface area contributed by atoms with Crippen molar-refractivity contribution in [1.82, 2.24) is 0 Å². The predicted octanol–water partition coefficient (Wildman–Crippen LogP) is 2.85. The largest absolute Gasteiger partial charge is 0.378 e. The number of nitrogens with zero attached hydrogens (tertiary/aromatic N) is 2. The number of hydrogen-bond donors (Lipinski definition) is 1. The lowest BCUT2D eigenvalue weighted by Gasteiger charge is -2.31. The van der Waals surface area contributed by atoms with Crippen LogP contribution in [-0.4, -0.2) is 34.7 Å². The third-order valence-electron chi connectivity index (χ3n) is 3.83. The van der Waals surface area contributed by atoms with Crippen molar-refractivity contribution in [1.29, 1.82) is 5.26 Å². The van der Waals surface area contributed by atoms with Gasteiger partial charge in [-0.25, -0.2) is 8.42 Å². The van der Waals surface area contributed by atoms with Gasteiger partial charge in [0.05, 0.1) is 46.1 Å². The molecule has 0 saturated carbocycles. The van der Waals surface area contributed by atoms with Crippen LogP contribution in [0.3, 0.4) is 0 Å². The fraction of sp³-hybridized carbons (Fsp3) is 0.235. The number of rotatable bonds is 4. The normalized spacial score (nSPS) is 14.8. The molecule has 1 aliphatic rings. The molecule has 0 bridgehead atoms. The zero-order valence-corrected chi connectivity index (χ0v) is 14.8. The molecule has 2 aromatic rings. The zero-order valence-electron chi connectivity index (χ0n) is 13.3. The monoisotopic (exact) mass is 377 g/mol. The Bertz CT molecular complexity index is 919. The van der Waals surface area contributed by atoms with E-state index in [-0.39, 0.29) is 10.5 Å². The number of halogens is 1. The van der Waals surface area contributed by atoms with Crippen LogP contribution >= 0.6 is 11.6 Å². The number of nitrogens with one attached hydrogen (secondary N) is 1. The van der Waals surface area contributed by atoms with E-state index in [0.717, 1.165) is 0 Å². The van der Waals surface area contributed by atoms with Crippen molar-refractivity contribution >= 4 is 33.0 Å². The molecule has 1 heterocycles. The van der Waals surface area contributed by atoms with Gasteiger partial charge in [0.15, 0.2) is 0 Å². The summed E-state index contributed by atoms with van der Waals surface area (Å²) in [4.78, 5) is 2.02. The first-order valence-electron chi connectivity index (χ1n) is 7.65. The first kappa shape index (κ1) is 17.5. The summed E-state index contributed by atoms with van der Waals surface area (Å²) in [6.45, 7) is 2.37. The quantitative estimate of drug-likeness (QED) is 0.885. The molecule has 0 atom stereocenters. The lowest BCUT2D eigenvalue weighted by Crippen LogP contribution is -2.37. The smallest absolute Gasteiger partial charge is 0.262 e. The van der Waals surface area contributed by atoms with Gasteiger partial charge < -0.3 is 9.64 Å². The Labute approximate surface area is 151 Å². The number of benzene rings is 2. The Hall–Kier alpha value is -2.27. The van der Waals surface area contributed by atoms with E-state index in [9.17, 15) is 8.42 Å². The van der Waals surface area contributed by atoms with Crippen molar-refractivity contribution in [2.75, 3.05) is 35.9 Å². The number of sulfonamides is 1. The maximum atomic E-state index is 12.7. The van der Waals surface area contributed by atoms with E-state index in [0.29, 0.717) is 42.7 Å². The first-order valence-corrected chi connectivity index (χ1v) is 9.51. The molecular weight excluding hydrogens is 362 g/mol. The highest BCUT2D eigenvalue weighted by Gasteiger charge is 2.22. The number of para-hydroxylation sites is 1. The van der Waals surface area contributed by atoms with Crippen LogP contribution in [0.15, 0.2) is 47.4 Å². The third kappa shape index (κ3) is 3.87. The van der Waals surface area contributed by atoms with Crippen molar-refractivity contribution in [3.8, 4) is 6.07 Å². The number of nitriles is 1. The molecule has 0 aromatic heterocycles. The highest BCUT2D eigenvalue weighted by molar-refractivity contribution is 7.92. The summed E-state index contributed by atoms with van der Waals surface area (Å²) in [5, 5.41) is 9.43. The molecule has 0 amide bonds. The second-order valence-electron chi connectivity index (χ2n) is 5.48. The van der Waals surface area contributed by atoms with Crippen LogP contribution < -0.4 is 9.62 Å². The average Bonchev–Trinajstić information content (AvgIpc) is 2.62. The fourth-order valence-corrected chi connectivity index (χ4v) is 4.05. The topological polar surface area (TPSA) is 82.4 Å². The maximum Gasteiger partial charge on any atom is 0.262 e. The van der Waals surface area contributed by atoms with Crippen molar-refractivity contribution in [2.24, 2.45) is 0 Å².